The quantitative estimate of drug-likeness (QED) is 0.627. The van der Waals surface area contributed by atoms with Crippen LogP contribution in [0.5, 0.6) is 0 Å². The summed E-state index contributed by atoms with van der Waals surface area (Å²) in [5, 5.41) is 11.0. The van der Waals surface area contributed by atoms with Gasteiger partial charge in [0.2, 0.25) is 0 Å². The molecule has 2 rings (SSSR count). The maximum atomic E-state index is 11.0. The van der Waals surface area contributed by atoms with Gasteiger partial charge in [-0.2, -0.15) is 0 Å². The molecule has 0 fully saturated rings. The van der Waals surface area contributed by atoms with Crippen LogP contribution in [0, 0.1) is 10.1 Å². The SMILES string of the molecule is O=[N+]([O-])/C(=C/c1ccc(Br)s1)c1ccccc1. The summed E-state index contributed by atoms with van der Waals surface area (Å²) in [7, 11) is 0. The van der Waals surface area contributed by atoms with E-state index in [0.29, 0.717) is 5.56 Å². The van der Waals surface area contributed by atoms with Crippen LogP contribution in [0.3, 0.4) is 0 Å². The summed E-state index contributed by atoms with van der Waals surface area (Å²) in [6.07, 6.45) is 1.59. The average Bonchev–Trinajstić information content (AvgIpc) is 2.73. The second-order valence-electron chi connectivity index (χ2n) is 3.29. The Kier molecular flexibility index (Phi) is 3.71. The van der Waals surface area contributed by atoms with E-state index in [0.717, 1.165) is 8.66 Å². The van der Waals surface area contributed by atoms with E-state index in [1.54, 1.807) is 30.3 Å². The Morgan fingerprint density at radius 1 is 1.24 bits per heavy atom. The molecule has 0 saturated heterocycles. The minimum absolute atomic E-state index is 0.111. The van der Waals surface area contributed by atoms with Crippen LogP contribution >= 0.6 is 27.3 Å². The molecule has 0 amide bonds. The number of rotatable bonds is 3. The second kappa shape index (κ2) is 5.25. The Morgan fingerprint density at radius 2 is 1.94 bits per heavy atom. The highest BCUT2D eigenvalue weighted by atomic mass is 79.9. The number of halogens is 1. The van der Waals surface area contributed by atoms with Gasteiger partial charge in [-0.3, -0.25) is 10.1 Å². The molecule has 5 heteroatoms. The van der Waals surface area contributed by atoms with Crippen LogP contribution in [-0.4, -0.2) is 4.92 Å². The monoisotopic (exact) mass is 309 g/mol. The Balaban J connectivity index is 2.43. The molecule has 2 aromatic rings. The average molecular weight is 310 g/mol. The van der Waals surface area contributed by atoms with E-state index in [-0.39, 0.29) is 10.6 Å². The molecule has 0 N–H and O–H groups in total. The zero-order chi connectivity index (χ0) is 12.3. The van der Waals surface area contributed by atoms with Crippen LogP contribution in [0.2, 0.25) is 0 Å². The molecule has 0 radical (unpaired) electrons. The molecule has 0 aliphatic rings. The summed E-state index contributed by atoms with van der Waals surface area (Å²) < 4.78 is 0.958. The van der Waals surface area contributed by atoms with Crippen LogP contribution < -0.4 is 0 Å². The van der Waals surface area contributed by atoms with E-state index in [4.69, 9.17) is 0 Å². The van der Waals surface area contributed by atoms with Crippen molar-refractivity contribution in [3.05, 3.63) is 66.8 Å². The first-order valence-corrected chi connectivity index (χ1v) is 6.44. The van der Waals surface area contributed by atoms with Crippen LogP contribution in [0.4, 0.5) is 0 Å². The first-order valence-electron chi connectivity index (χ1n) is 4.83. The fourth-order valence-corrected chi connectivity index (χ4v) is 2.75. The molecule has 1 aromatic carbocycles. The van der Waals surface area contributed by atoms with Gasteiger partial charge >= 0.3 is 0 Å². The Bertz CT molecular complexity index is 563. The van der Waals surface area contributed by atoms with Gasteiger partial charge in [-0.15, -0.1) is 11.3 Å². The van der Waals surface area contributed by atoms with Crippen LogP contribution in [-0.2, 0) is 0 Å². The summed E-state index contributed by atoms with van der Waals surface area (Å²) in [5.41, 5.74) is 0.724. The first-order chi connectivity index (χ1) is 8.16. The van der Waals surface area contributed by atoms with E-state index in [9.17, 15) is 10.1 Å². The number of nitro groups is 1. The van der Waals surface area contributed by atoms with E-state index in [1.165, 1.54) is 11.3 Å². The van der Waals surface area contributed by atoms with Crippen molar-refractivity contribution >= 4 is 39.0 Å². The third-order valence-corrected chi connectivity index (χ3v) is 3.71. The summed E-state index contributed by atoms with van der Waals surface area (Å²) >= 11 is 4.80. The van der Waals surface area contributed by atoms with Gasteiger partial charge in [-0.1, -0.05) is 18.2 Å². The summed E-state index contributed by atoms with van der Waals surface area (Å²) in [6, 6.07) is 12.6. The fourth-order valence-electron chi connectivity index (χ4n) is 1.39. The second-order valence-corrected chi connectivity index (χ2v) is 5.79. The Morgan fingerprint density at radius 3 is 2.47 bits per heavy atom. The predicted molar refractivity (Wildman–Crippen MR) is 73.3 cm³/mol. The van der Waals surface area contributed by atoms with Crippen molar-refractivity contribution in [3.8, 4) is 0 Å². The molecular weight excluding hydrogens is 302 g/mol. The van der Waals surface area contributed by atoms with Gasteiger partial charge in [-0.25, -0.2) is 0 Å². The lowest BCUT2D eigenvalue weighted by atomic mass is 10.1. The highest BCUT2D eigenvalue weighted by Crippen LogP contribution is 2.26. The minimum atomic E-state index is -0.358. The zero-order valence-electron chi connectivity index (χ0n) is 8.67. The Labute approximate surface area is 111 Å². The molecule has 0 saturated carbocycles. The molecule has 17 heavy (non-hydrogen) atoms. The van der Waals surface area contributed by atoms with Crippen molar-refractivity contribution < 1.29 is 4.92 Å². The first kappa shape index (κ1) is 12.0. The molecule has 0 bridgehead atoms. The molecule has 0 aliphatic heterocycles. The van der Waals surface area contributed by atoms with Crippen molar-refractivity contribution in [1.29, 1.82) is 0 Å². The molecule has 1 aromatic heterocycles. The van der Waals surface area contributed by atoms with E-state index >= 15 is 0 Å². The van der Waals surface area contributed by atoms with Crippen molar-refractivity contribution in [2.45, 2.75) is 0 Å². The van der Waals surface area contributed by atoms with E-state index in [1.807, 2.05) is 18.2 Å². The molecular formula is C12H8BrNO2S. The fraction of sp³-hybridized carbons (Fsp3) is 0. The van der Waals surface area contributed by atoms with E-state index in [2.05, 4.69) is 15.9 Å². The number of hydrogen-bond acceptors (Lipinski definition) is 3. The standard InChI is InChI=1S/C12H8BrNO2S/c13-12-7-6-10(17-12)8-11(14(15)16)9-4-2-1-3-5-9/h1-8H/b11-8+. The summed E-state index contributed by atoms with van der Waals surface area (Å²) in [5.74, 6) is 0. The molecule has 3 nitrogen and oxygen atoms in total. The maximum absolute atomic E-state index is 11.0. The smallest absolute Gasteiger partial charge is 0.258 e. The highest BCUT2D eigenvalue weighted by Gasteiger charge is 2.13. The van der Waals surface area contributed by atoms with Crippen LogP contribution in [0.25, 0.3) is 11.8 Å². The molecule has 0 atom stereocenters. The predicted octanol–water partition coefficient (Wildman–Crippen LogP) is 4.29. The summed E-state index contributed by atoms with van der Waals surface area (Å²) in [6.45, 7) is 0. The lowest BCUT2D eigenvalue weighted by Gasteiger charge is -1.97. The largest absolute Gasteiger partial charge is 0.277 e. The van der Waals surface area contributed by atoms with Gasteiger partial charge in [0.1, 0.15) is 0 Å². The van der Waals surface area contributed by atoms with Crippen LogP contribution in [0.15, 0.2) is 46.3 Å². The van der Waals surface area contributed by atoms with Crippen molar-refractivity contribution in [1.82, 2.24) is 0 Å². The van der Waals surface area contributed by atoms with Crippen LogP contribution in [0.1, 0.15) is 10.4 Å². The molecule has 86 valence electrons. The number of benzene rings is 1. The molecule has 0 aliphatic carbocycles. The number of hydrogen-bond donors (Lipinski definition) is 0. The third kappa shape index (κ3) is 3.01. The van der Waals surface area contributed by atoms with Gasteiger partial charge < -0.3 is 0 Å². The topological polar surface area (TPSA) is 43.1 Å². The van der Waals surface area contributed by atoms with Gasteiger partial charge in [0.15, 0.2) is 0 Å². The van der Waals surface area contributed by atoms with Gasteiger partial charge in [0.05, 0.1) is 14.3 Å². The van der Waals surface area contributed by atoms with Gasteiger partial charge in [0, 0.05) is 11.0 Å². The molecule has 1 heterocycles. The number of nitrogens with zero attached hydrogens (tertiary/aromatic N) is 1. The van der Waals surface area contributed by atoms with Crippen molar-refractivity contribution in [3.63, 3.8) is 0 Å². The number of thiophene rings is 1. The lowest BCUT2D eigenvalue weighted by molar-refractivity contribution is -0.374. The molecule has 0 spiro atoms. The normalized spacial score (nSPS) is 11.5. The van der Waals surface area contributed by atoms with Crippen molar-refractivity contribution in [2.75, 3.05) is 0 Å². The van der Waals surface area contributed by atoms with Gasteiger partial charge in [-0.05, 0) is 40.2 Å². The Hall–Kier alpha value is -1.46. The van der Waals surface area contributed by atoms with E-state index < -0.39 is 0 Å². The molecule has 0 unspecified atom stereocenters. The van der Waals surface area contributed by atoms with Crippen molar-refractivity contribution in [2.24, 2.45) is 0 Å². The lowest BCUT2D eigenvalue weighted by Crippen LogP contribution is -1.96. The highest BCUT2D eigenvalue weighted by molar-refractivity contribution is 9.11. The zero-order valence-corrected chi connectivity index (χ0v) is 11.1. The van der Waals surface area contributed by atoms with Gasteiger partial charge in [0.25, 0.3) is 5.70 Å². The summed E-state index contributed by atoms with van der Waals surface area (Å²) in [4.78, 5) is 11.5. The minimum Gasteiger partial charge on any atom is -0.258 e. The third-order valence-electron chi connectivity index (χ3n) is 2.14. The maximum Gasteiger partial charge on any atom is 0.277 e.